The summed E-state index contributed by atoms with van der Waals surface area (Å²) in [6.07, 6.45) is 0. The van der Waals surface area contributed by atoms with Crippen molar-refractivity contribution in [3.8, 4) is 11.5 Å². The Bertz CT molecular complexity index is 445. The second kappa shape index (κ2) is 2.92. The summed E-state index contributed by atoms with van der Waals surface area (Å²) in [5.74, 6) is 1.17. The van der Waals surface area contributed by atoms with Crippen LogP contribution < -0.4 is 4.74 Å². The average molecular weight is 194 g/mol. The quantitative estimate of drug-likeness (QED) is 0.756. The number of fused-ring (bicyclic) bond motifs is 1. The van der Waals surface area contributed by atoms with Crippen LogP contribution in [-0.2, 0) is 0 Å². The van der Waals surface area contributed by atoms with Crippen LogP contribution in [-0.4, -0.2) is 12.2 Å². The van der Waals surface area contributed by atoms with Crippen molar-refractivity contribution in [2.45, 2.75) is 6.92 Å². The fraction of sp³-hybridized carbons (Fsp3) is 0.200. The summed E-state index contributed by atoms with van der Waals surface area (Å²) in [5, 5.41) is 12.2. The van der Waals surface area contributed by atoms with Gasteiger partial charge in [-0.25, -0.2) is 0 Å². The molecule has 0 spiro atoms. The van der Waals surface area contributed by atoms with Crippen LogP contribution in [0.25, 0.3) is 10.1 Å². The molecule has 0 unspecified atom stereocenters. The van der Waals surface area contributed by atoms with Gasteiger partial charge in [0.05, 0.1) is 11.8 Å². The van der Waals surface area contributed by atoms with Gasteiger partial charge >= 0.3 is 0 Å². The van der Waals surface area contributed by atoms with Gasteiger partial charge in [-0.15, -0.1) is 11.3 Å². The van der Waals surface area contributed by atoms with E-state index in [1.165, 1.54) is 11.3 Å². The number of thiophene rings is 1. The molecule has 0 aliphatic heterocycles. The molecular formula is C10H10O2S. The number of benzene rings is 1. The molecule has 0 saturated carbocycles. The zero-order valence-corrected chi connectivity index (χ0v) is 8.31. The van der Waals surface area contributed by atoms with Gasteiger partial charge in [-0.3, -0.25) is 0 Å². The summed E-state index contributed by atoms with van der Waals surface area (Å²) in [5.41, 5.74) is 1.08. The third kappa shape index (κ3) is 1.16. The Kier molecular flexibility index (Phi) is 1.88. The molecule has 1 aromatic carbocycles. The number of ether oxygens (including phenoxy) is 1. The highest BCUT2D eigenvalue weighted by Crippen LogP contribution is 2.39. The van der Waals surface area contributed by atoms with Gasteiger partial charge < -0.3 is 9.84 Å². The van der Waals surface area contributed by atoms with Crippen LogP contribution in [0, 0.1) is 6.92 Å². The molecular weight excluding hydrogens is 184 g/mol. The predicted octanol–water partition coefficient (Wildman–Crippen LogP) is 2.92. The van der Waals surface area contributed by atoms with E-state index in [-0.39, 0.29) is 0 Å². The molecule has 13 heavy (non-hydrogen) atoms. The predicted molar refractivity (Wildman–Crippen MR) is 54.8 cm³/mol. The van der Waals surface area contributed by atoms with Crippen molar-refractivity contribution in [2.24, 2.45) is 0 Å². The first-order chi connectivity index (χ1) is 6.24. The Labute approximate surface area is 80.4 Å². The minimum Gasteiger partial charge on any atom is -0.506 e. The van der Waals surface area contributed by atoms with E-state index in [2.05, 4.69) is 0 Å². The van der Waals surface area contributed by atoms with Crippen molar-refractivity contribution in [1.29, 1.82) is 0 Å². The third-order valence-corrected chi connectivity index (χ3v) is 3.08. The number of rotatable bonds is 1. The summed E-state index contributed by atoms with van der Waals surface area (Å²) < 4.78 is 6.21. The SMILES string of the molecule is COc1ccc(C)c2c(O)csc12. The van der Waals surface area contributed by atoms with Crippen LogP contribution in [0.2, 0.25) is 0 Å². The fourth-order valence-corrected chi connectivity index (χ4v) is 2.43. The van der Waals surface area contributed by atoms with E-state index < -0.39 is 0 Å². The number of methoxy groups -OCH3 is 1. The van der Waals surface area contributed by atoms with E-state index in [9.17, 15) is 5.11 Å². The Morgan fingerprint density at radius 3 is 2.85 bits per heavy atom. The Hall–Kier alpha value is -1.22. The van der Waals surface area contributed by atoms with Gasteiger partial charge in [-0.2, -0.15) is 0 Å². The highest BCUT2D eigenvalue weighted by molar-refractivity contribution is 7.18. The van der Waals surface area contributed by atoms with Crippen LogP contribution in [0.5, 0.6) is 11.5 Å². The topological polar surface area (TPSA) is 29.5 Å². The second-order valence-corrected chi connectivity index (χ2v) is 3.79. The van der Waals surface area contributed by atoms with Gasteiger partial charge in [0, 0.05) is 10.8 Å². The zero-order chi connectivity index (χ0) is 9.42. The van der Waals surface area contributed by atoms with Gasteiger partial charge in [0.2, 0.25) is 0 Å². The lowest BCUT2D eigenvalue weighted by molar-refractivity contribution is 0.420. The molecule has 2 nitrogen and oxygen atoms in total. The van der Waals surface area contributed by atoms with Crippen molar-refractivity contribution in [2.75, 3.05) is 7.11 Å². The standard InChI is InChI=1S/C10H10O2S/c1-6-3-4-8(12-2)10-9(6)7(11)5-13-10/h3-5,11H,1-2H3. The minimum absolute atomic E-state index is 0.344. The molecule has 0 aliphatic carbocycles. The molecule has 0 amide bonds. The molecule has 2 aromatic rings. The number of aromatic hydroxyl groups is 1. The van der Waals surface area contributed by atoms with Crippen LogP contribution in [0.4, 0.5) is 0 Å². The summed E-state index contributed by atoms with van der Waals surface area (Å²) in [6.45, 7) is 1.98. The molecule has 0 atom stereocenters. The van der Waals surface area contributed by atoms with Gasteiger partial charge in [0.1, 0.15) is 11.5 Å². The highest BCUT2D eigenvalue weighted by Gasteiger charge is 2.09. The third-order valence-electron chi connectivity index (χ3n) is 2.09. The molecule has 1 heterocycles. The number of aryl methyl sites for hydroxylation is 1. The van der Waals surface area contributed by atoms with Crippen LogP contribution in [0.15, 0.2) is 17.5 Å². The number of hydrogen-bond acceptors (Lipinski definition) is 3. The minimum atomic E-state index is 0.344. The molecule has 0 fully saturated rings. The van der Waals surface area contributed by atoms with Crippen LogP contribution in [0.3, 0.4) is 0 Å². The van der Waals surface area contributed by atoms with Crippen molar-refractivity contribution in [3.05, 3.63) is 23.1 Å². The summed E-state index contributed by atoms with van der Waals surface area (Å²) >= 11 is 1.50. The maximum absolute atomic E-state index is 9.57. The lowest BCUT2D eigenvalue weighted by Crippen LogP contribution is -1.83. The Balaban J connectivity index is 2.87. The first kappa shape index (κ1) is 8.38. The number of hydrogen-bond donors (Lipinski definition) is 1. The molecule has 0 radical (unpaired) electrons. The lowest BCUT2D eigenvalue weighted by Gasteiger charge is -2.03. The van der Waals surface area contributed by atoms with E-state index in [0.717, 1.165) is 21.4 Å². The fourth-order valence-electron chi connectivity index (χ4n) is 1.43. The molecule has 0 saturated heterocycles. The maximum Gasteiger partial charge on any atom is 0.136 e. The van der Waals surface area contributed by atoms with Gasteiger partial charge in [0.15, 0.2) is 0 Å². The van der Waals surface area contributed by atoms with E-state index in [1.54, 1.807) is 12.5 Å². The summed E-state index contributed by atoms with van der Waals surface area (Å²) in [6, 6.07) is 3.88. The van der Waals surface area contributed by atoms with Crippen molar-refractivity contribution < 1.29 is 9.84 Å². The highest BCUT2D eigenvalue weighted by atomic mass is 32.1. The van der Waals surface area contributed by atoms with Gasteiger partial charge in [-0.1, -0.05) is 6.07 Å². The maximum atomic E-state index is 9.57. The van der Waals surface area contributed by atoms with Crippen LogP contribution in [0.1, 0.15) is 5.56 Å². The molecule has 2 rings (SSSR count). The van der Waals surface area contributed by atoms with Crippen molar-refractivity contribution in [1.82, 2.24) is 0 Å². The first-order valence-corrected chi connectivity index (χ1v) is 4.85. The first-order valence-electron chi connectivity index (χ1n) is 3.98. The van der Waals surface area contributed by atoms with E-state index in [4.69, 9.17) is 4.74 Å². The normalized spacial score (nSPS) is 10.6. The molecule has 3 heteroatoms. The van der Waals surface area contributed by atoms with E-state index in [0.29, 0.717) is 5.75 Å². The molecule has 0 bridgehead atoms. The molecule has 1 N–H and O–H groups in total. The molecule has 1 aromatic heterocycles. The summed E-state index contributed by atoms with van der Waals surface area (Å²) in [7, 11) is 1.64. The lowest BCUT2D eigenvalue weighted by atomic mass is 10.1. The average Bonchev–Trinajstić information content (AvgIpc) is 2.50. The monoisotopic (exact) mass is 194 g/mol. The second-order valence-electron chi connectivity index (χ2n) is 2.91. The van der Waals surface area contributed by atoms with Crippen molar-refractivity contribution >= 4 is 21.4 Å². The zero-order valence-electron chi connectivity index (χ0n) is 7.50. The molecule has 68 valence electrons. The van der Waals surface area contributed by atoms with E-state index in [1.807, 2.05) is 19.1 Å². The van der Waals surface area contributed by atoms with Gasteiger partial charge in [0.25, 0.3) is 0 Å². The Morgan fingerprint density at radius 2 is 2.15 bits per heavy atom. The summed E-state index contributed by atoms with van der Waals surface area (Å²) in [4.78, 5) is 0. The van der Waals surface area contributed by atoms with Crippen LogP contribution >= 0.6 is 11.3 Å². The Morgan fingerprint density at radius 1 is 1.38 bits per heavy atom. The smallest absolute Gasteiger partial charge is 0.136 e. The van der Waals surface area contributed by atoms with Crippen molar-refractivity contribution in [3.63, 3.8) is 0 Å². The van der Waals surface area contributed by atoms with E-state index >= 15 is 0 Å². The largest absolute Gasteiger partial charge is 0.506 e. The van der Waals surface area contributed by atoms with Gasteiger partial charge in [-0.05, 0) is 18.6 Å². The molecule has 0 aliphatic rings.